The van der Waals surface area contributed by atoms with E-state index in [2.05, 4.69) is 41.5 Å². The molecule has 0 spiro atoms. The third kappa shape index (κ3) is 2.34. The maximum atomic E-state index is 4.61. The number of hydrogen-bond donors (Lipinski definition) is 0. The maximum absolute atomic E-state index is 4.61. The van der Waals surface area contributed by atoms with Gasteiger partial charge in [-0.15, -0.1) is 0 Å². The summed E-state index contributed by atoms with van der Waals surface area (Å²) >= 11 is 0. The predicted octanol–water partition coefficient (Wildman–Crippen LogP) is 4.67. The van der Waals surface area contributed by atoms with Crippen molar-refractivity contribution >= 4 is 17.1 Å². The first-order valence-corrected chi connectivity index (χ1v) is 6.84. The van der Waals surface area contributed by atoms with Crippen molar-refractivity contribution in [1.82, 2.24) is 0 Å². The highest BCUT2D eigenvalue weighted by Crippen LogP contribution is 2.37. The van der Waals surface area contributed by atoms with E-state index in [-0.39, 0.29) is 0 Å². The van der Waals surface area contributed by atoms with Crippen molar-refractivity contribution in [1.29, 1.82) is 0 Å². The van der Waals surface area contributed by atoms with Crippen molar-refractivity contribution in [3.63, 3.8) is 0 Å². The smallest absolute Gasteiger partial charge is 0.131 e. The molecule has 0 aliphatic carbocycles. The van der Waals surface area contributed by atoms with Crippen LogP contribution in [-0.4, -0.2) is 12.4 Å². The minimum absolute atomic E-state index is 0.728. The molecular weight excluding hydrogens is 244 g/mol. The summed E-state index contributed by atoms with van der Waals surface area (Å²) in [5.41, 5.74) is 5.39. The summed E-state index contributed by atoms with van der Waals surface area (Å²) in [6.45, 7) is 4.85. The number of rotatable bonds is 2. The zero-order valence-corrected chi connectivity index (χ0v) is 11.7. The molecule has 0 aromatic heterocycles. The van der Waals surface area contributed by atoms with Gasteiger partial charge in [0.05, 0.1) is 5.56 Å². The third-order valence-corrected chi connectivity index (χ3v) is 3.22. The summed E-state index contributed by atoms with van der Waals surface area (Å²) in [4.78, 5) is 4.61. The predicted molar refractivity (Wildman–Crippen MR) is 84.4 cm³/mol. The third-order valence-electron chi connectivity index (χ3n) is 3.22. The fraction of sp³-hybridized carbons (Fsp3) is 0.167. The van der Waals surface area contributed by atoms with Crippen LogP contribution in [0.1, 0.15) is 23.6 Å². The zero-order chi connectivity index (χ0) is 13.9. The summed E-state index contributed by atoms with van der Waals surface area (Å²) in [6, 6.07) is 16.4. The number of benzene rings is 2. The molecule has 0 amide bonds. The van der Waals surface area contributed by atoms with E-state index in [0.717, 1.165) is 34.8 Å². The van der Waals surface area contributed by atoms with Crippen molar-refractivity contribution in [3.05, 3.63) is 76.6 Å². The lowest BCUT2D eigenvalue weighted by Crippen LogP contribution is -1.97. The second-order valence-electron chi connectivity index (χ2n) is 4.80. The molecule has 20 heavy (non-hydrogen) atoms. The van der Waals surface area contributed by atoms with Gasteiger partial charge in [0.1, 0.15) is 11.1 Å². The molecule has 0 saturated carbocycles. The van der Waals surface area contributed by atoms with Crippen molar-refractivity contribution in [2.75, 3.05) is 6.54 Å². The summed E-state index contributed by atoms with van der Waals surface area (Å²) in [7, 11) is 0. The monoisotopic (exact) mass is 260 g/mol. The Morgan fingerprint density at radius 3 is 2.65 bits per heavy atom. The Morgan fingerprint density at radius 1 is 1.10 bits per heavy atom. The lowest BCUT2D eigenvalue weighted by molar-refractivity contribution is 1.31. The van der Waals surface area contributed by atoms with Crippen molar-refractivity contribution < 1.29 is 0 Å². The van der Waals surface area contributed by atoms with Gasteiger partial charge >= 0.3 is 0 Å². The second kappa shape index (κ2) is 5.28. The van der Waals surface area contributed by atoms with Crippen LogP contribution in [0.15, 0.2) is 53.5 Å². The fourth-order valence-electron chi connectivity index (χ4n) is 2.29. The van der Waals surface area contributed by atoms with Crippen LogP contribution in [0.4, 0.5) is 5.69 Å². The minimum atomic E-state index is 0.728. The summed E-state index contributed by atoms with van der Waals surface area (Å²) < 4.78 is 0. The molecule has 1 aliphatic rings. The van der Waals surface area contributed by atoms with Gasteiger partial charge in [-0.2, -0.15) is 0 Å². The highest BCUT2D eigenvalue weighted by atomic mass is 15.0. The molecule has 2 heteroatoms. The van der Waals surface area contributed by atoms with Gasteiger partial charge in [-0.25, -0.2) is 0 Å². The van der Waals surface area contributed by atoms with Gasteiger partial charge < -0.3 is 10.3 Å². The molecule has 0 N–H and O–H groups in total. The standard InChI is InChI=1S/C18H16N2/c1-3-19-18-16(12-14-7-5-4-6-8-14)15-11-13(2)9-10-17(15)20-18/h4-11H,3H2,1-2H3. The van der Waals surface area contributed by atoms with E-state index in [1.807, 2.05) is 37.3 Å². The molecule has 2 nitrogen and oxygen atoms in total. The number of amidine groups is 1. The van der Waals surface area contributed by atoms with Gasteiger partial charge in [0, 0.05) is 29.7 Å². The Morgan fingerprint density at radius 2 is 1.90 bits per heavy atom. The number of aryl methyl sites for hydroxylation is 1. The number of likely N-dealkylation sites (N-methyl/N-ethyl adjacent to an activating group) is 1. The highest BCUT2D eigenvalue weighted by Gasteiger charge is 2.20. The Balaban J connectivity index is 2.10. The maximum Gasteiger partial charge on any atom is 0.131 e. The van der Waals surface area contributed by atoms with Crippen LogP contribution in [0.5, 0.6) is 0 Å². The average molecular weight is 260 g/mol. The van der Waals surface area contributed by atoms with Crippen LogP contribution in [0.2, 0.25) is 0 Å². The van der Waals surface area contributed by atoms with E-state index in [4.69, 9.17) is 0 Å². The molecule has 0 fully saturated rings. The first kappa shape index (κ1) is 12.6. The van der Waals surface area contributed by atoms with E-state index in [0.29, 0.717) is 0 Å². The molecule has 1 heterocycles. The first-order chi connectivity index (χ1) is 9.78. The molecule has 0 atom stereocenters. The van der Waals surface area contributed by atoms with E-state index in [1.165, 1.54) is 5.56 Å². The molecule has 0 unspecified atom stereocenters. The van der Waals surface area contributed by atoms with Crippen LogP contribution in [0, 0.1) is 13.0 Å². The Hall–Kier alpha value is -2.44. The van der Waals surface area contributed by atoms with Gasteiger partial charge in [-0.05, 0) is 49.4 Å². The van der Waals surface area contributed by atoms with Crippen molar-refractivity contribution in [2.45, 2.75) is 13.8 Å². The SMILES string of the molecule is CC[N-]C1=Nc2ccc(C)cc2C1=[C+]c1ccccc1. The Bertz CT molecular complexity index is 682. The molecular formula is C18H16N2. The molecule has 2 aromatic rings. The van der Waals surface area contributed by atoms with E-state index in [9.17, 15) is 0 Å². The Kier molecular flexibility index (Phi) is 3.32. The van der Waals surface area contributed by atoms with Gasteiger partial charge in [0.2, 0.25) is 0 Å². The lowest BCUT2D eigenvalue weighted by atomic mass is 10.0. The average Bonchev–Trinajstić information content (AvgIpc) is 2.78. The molecule has 2 aromatic carbocycles. The summed E-state index contributed by atoms with van der Waals surface area (Å²) in [5, 5.41) is 4.50. The number of aliphatic imine (C=N–C) groups is 1. The van der Waals surface area contributed by atoms with Crippen LogP contribution in [0.25, 0.3) is 10.9 Å². The van der Waals surface area contributed by atoms with Crippen LogP contribution in [-0.2, 0) is 0 Å². The van der Waals surface area contributed by atoms with E-state index < -0.39 is 0 Å². The second-order valence-corrected chi connectivity index (χ2v) is 4.80. The molecule has 1 aliphatic heterocycles. The number of hydrogen-bond acceptors (Lipinski definition) is 1. The van der Waals surface area contributed by atoms with Crippen LogP contribution in [0.3, 0.4) is 0 Å². The van der Waals surface area contributed by atoms with Gasteiger partial charge in [0.25, 0.3) is 0 Å². The topological polar surface area (TPSA) is 26.5 Å². The van der Waals surface area contributed by atoms with Crippen LogP contribution >= 0.6 is 0 Å². The normalized spacial score (nSPS) is 14.7. The Labute approximate surface area is 119 Å². The van der Waals surface area contributed by atoms with Gasteiger partial charge in [0.15, 0.2) is 0 Å². The lowest BCUT2D eigenvalue weighted by Gasteiger charge is -2.07. The van der Waals surface area contributed by atoms with E-state index >= 15 is 0 Å². The largest absolute Gasteiger partial charge is 0.429 e. The van der Waals surface area contributed by atoms with Gasteiger partial charge in [-0.3, -0.25) is 0 Å². The fourth-order valence-corrected chi connectivity index (χ4v) is 2.29. The van der Waals surface area contributed by atoms with Gasteiger partial charge in [-0.1, -0.05) is 13.0 Å². The van der Waals surface area contributed by atoms with Crippen molar-refractivity contribution in [2.24, 2.45) is 4.99 Å². The molecule has 3 rings (SSSR count). The number of fused-ring (bicyclic) bond motifs is 1. The quantitative estimate of drug-likeness (QED) is 0.702. The van der Waals surface area contributed by atoms with Crippen molar-refractivity contribution in [3.8, 4) is 0 Å². The first-order valence-electron chi connectivity index (χ1n) is 6.84. The molecule has 0 bridgehead atoms. The summed E-state index contributed by atoms with van der Waals surface area (Å²) in [5.74, 6) is 0.789. The van der Waals surface area contributed by atoms with Crippen LogP contribution < -0.4 is 0 Å². The highest BCUT2D eigenvalue weighted by molar-refractivity contribution is 6.33. The zero-order valence-electron chi connectivity index (χ0n) is 11.7. The molecule has 98 valence electrons. The van der Waals surface area contributed by atoms with E-state index in [1.54, 1.807) is 0 Å². The summed E-state index contributed by atoms with van der Waals surface area (Å²) in [6.07, 6.45) is 3.45. The number of nitrogens with zero attached hydrogens (tertiary/aromatic N) is 2. The molecule has 0 saturated heterocycles. The minimum Gasteiger partial charge on any atom is -0.429 e. The molecule has 0 radical (unpaired) electrons.